The molecule has 1 aromatic carbocycles. The van der Waals surface area contributed by atoms with Crippen LogP contribution in [0.3, 0.4) is 0 Å². The number of hydrogen-bond donors (Lipinski definition) is 1. The summed E-state index contributed by atoms with van der Waals surface area (Å²) in [5, 5.41) is 3.14. The predicted octanol–water partition coefficient (Wildman–Crippen LogP) is 2.93. The van der Waals surface area contributed by atoms with E-state index in [-0.39, 0.29) is 24.5 Å². The molecule has 1 N–H and O–H groups in total. The Morgan fingerprint density at radius 3 is 2.52 bits per heavy atom. The lowest BCUT2D eigenvalue weighted by atomic mass is 9.86. The van der Waals surface area contributed by atoms with Gasteiger partial charge in [-0.3, -0.25) is 4.79 Å². The summed E-state index contributed by atoms with van der Waals surface area (Å²) in [6.45, 7) is 6.34. The highest BCUT2D eigenvalue weighted by atomic mass is 16.2. The highest BCUT2D eigenvalue weighted by Gasteiger charge is 2.31. The van der Waals surface area contributed by atoms with Crippen LogP contribution >= 0.6 is 0 Å². The van der Waals surface area contributed by atoms with Gasteiger partial charge in [0.1, 0.15) is 6.54 Å². The third-order valence-corrected chi connectivity index (χ3v) is 5.47. The van der Waals surface area contributed by atoms with Crippen LogP contribution in [0.25, 0.3) is 0 Å². The van der Waals surface area contributed by atoms with E-state index >= 15 is 0 Å². The Balaban J connectivity index is 1.49. The zero-order chi connectivity index (χ0) is 17.8. The first kappa shape index (κ1) is 17.8. The highest BCUT2D eigenvalue weighted by molar-refractivity contribution is 5.85. The van der Waals surface area contributed by atoms with Gasteiger partial charge in [-0.15, -0.1) is 0 Å². The molecule has 2 atom stereocenters. The van der Waals surface area contributed by atoms with Crippen LogP contribution in [-0.4, -0.2) is 47.4 Å². The van der Waals surface area contributed by atoms with E-state index in [1.165, 1.54) is 24.8 Å². The van der Waals surface area contributed by atoms with Gasteiger partial charge in [0.2, 0.25) is 5.91 Å². The molecule has 1 aromatic rings. The van der Waals surface area contributed by atoms with Gasteiger partial charge in [-0.05, 0) is 31.2 Å². The Hall–Kier alpha value is -2.04. The largest absolute Gasteiger partial charge is 0.352 e. The highest BCUT2D eigenvalue weighted by Crippen LogP contribution is 2.23. The first-order valence-corrected chi connectivity index (χ1v) is 9.41. The van der Waals surface area contributed by atoms with Crippen molar-refractivity contribution < 1.29 is 9.59 Å². The Kier molecular flexibility index (Phi) is 5.61. The molecule has 136 valence electrons. The smallest absolute Gasteiger partial charge is 0.320 e. The van der Waals surface area contributed by atoms with Gasteiger partial charge in [0.25, 0.3) is 0 Å². The molecule has 25 heavy (non-hydrogen) atoms. The van der Waals surface area contributed by atoms with Crippen LogP contribution in [0.2, 0.25) is 0 Å². The number of carbonyl (C=O) groups is 2. The molecule has 2 aliphatic rings. The lowest BCUT2D eigenvalue weighted by Crippen LogP contribution is -2.46. The summed E-state index contributed by atoms with van der Waals surface area (Å²) in [7, 11) is 0. The van der Waals surface area contributed by atoms with Crippen LogP contribution < -0.4 is 5.32 Å². The Morgan fingerprint density at radius 1 is 1.12 bits per heavy atom. The number of nitrogens with one attached hydrogen (secondary N) is 1. The van der Waals surface area contributed by atoms with Gasteiger partial charge in [0.15, 0.2) is 0 Å². The van der Waals surface area contributed by atoms with Crippen LogP contribution in [0, 0.1) is 12.8 Å². The van der Waals surface area contributed by atoms with Crippen molar-refractivity contribution in [3.05, 3.63) is 35.4 Å². The van der Waals surface area contributed by atoms with Crippen LogP contribution in [0.4, 0.5) is 4.79 Å². The molecular formula is C20H29N3O2. The van der Waals surface area contributed by atoms with Gasteiger partial charge in [0, 0.05) is 25.7 Å². The minimum atomic E-state index is -0.0348. The molecule has 1 saturated heterocycles. The van der Waals surface area contributed by atoms with Gasteiger partial charge in [-0.1, -0.05) is 49.6 Å². The Morgan fingerprint density at radius 2 is 1.80 bits per heavy atom. The maximum Gasteiger partial charge on any atom is 0.320 e. The van der Waals surface area contributed by atoms with Crippen molar-refractivity contribution in [1.82, 2.24) is 15.1 Å². The van der Waals surface area contributed by atoms with Crippen LogP contribution in [0.1, 0.15) is 43.7 Å². The van der Waals surface area contributed by atoms with Crippen molar-refractivity contribution in [3.63, 3.8) is 0 Å². The minimum Gasteiger partial charge on any atom is -0.352 e. The van der Waals surface area contributed by atoms with E-state index in [2.05, 4.69) is 43.4 Å². The summed E-state index contributed by atoms with van der Waals surface area (Å²) in [6, 6.07) is 8.47. The van der Waals surface area contributed by atoms with E-state index in [0.29, 0.717) is 25.6 Å². The second-order valence-electron chi connectivity index (χ2n) is 7.55. The lowest BCUT2D eigenvalue weighted by Gasteiger charge is -2.30. The summed E-state index contributed by atoms with van der Waals surface area (Å²) in [4.78, 5) is 28.4. The maximum atomic E-state index is 12.5. The second kappa shape index (κ2) is 7.89. The van der Waals surface area contributed by atoms with E-state index in [1.807, 2.05) is 4.90 Å². The monoisotopic (exact) mass is 343 g/mol. The van der Waals surface area contributed by atoms with E-state index in [0.717, 1.165) is 12.0 Å². The third-order valence-electron chi connectivity index (χ3n) is 5.47. The molecule has 0 radical (unpaired) electrons. The van der Waals surface area contributed by atoms with Crippen molar-refractivity contribution in [2.75, 3.05) is 19.6 Å². The molecule has 0 aromatic heterocycles. The molecule has 0 bridgehead atoms. The summed E-state index contributed by atoms with van der Waals surface area (Å²) in [5.41, 5.74) is 2.34. The van der Waals surface area contributed by atoms with E-state index in [1.54, 1.807) is 4.90 Å². The summed E-state index contributed by atoms with van der Waals surface area (Å²) < 4.78 is 0. The van der Waals surface area contributed by atoms with E-state index in [9.17, 15) is 9.59 Å². The van der Waals surface area contributed by atoms with E-state index < -0.39 is 0 Å². The molecule has 1 saturated carbocycles. The average molecular weight is 343 g/mol. The van der Waals surface area contributed by atoms with Crippen molar-refractivity contribution in [1.29, 1.82) is 0 Å². The minimum absolute atomic E-state index is 0.0238. The average Bonchev–Trinajstić information content (AvgIpc) is 2.92. The lowest BCUT2D eigenvalue weighted by molar-refractivity contribution is -0.122. The Bertz CT molecular complexity index is 614. The first-order valence-electron chi connectivity index (χ1n) is 9.41. The number of rotatable bonds is 5. The molecule has 1 heterocycles. The Labute approximate surface area is 150 Å². The SMILES string of the molecule is Cc1ccc(CN2CCN(CC(=O)N[C@@H]3CCCC[C@H]3C)C2=O)cc1. The second-order valence-corrected chi connectivity index (χ2v) is 7.55. The van der Waals surface area contributed by atoms with Crippen molar-refractivity contribution in [2.24, 2.45) is 5.92 Å². The number of urea groups is 1. The molecule has 1 aliphatic heterocycles. The summed E-state index contributed by atoms with van der Waals surface area (Å²) in [6.07, 6.45) is 4.67. The maximum absolute atomic E-state index is 12.5. The summed E-state index contributed by atoms with van der Waals surface area (Å²) in [5.74, 6) is 0.509. The molecule has 5 nitrogen and oxygen atoms in total. The molecule has 0 unspecified atom stereocenters. The van der Waals surface area contributed by atoms with Gasteiger partial charge >= 0.3 is 6.03 Å². The zero-order valence-corrected chi connectivity index (χ0v) is 15.3. The molecule has 3 rings (SSSR count). The van der Waals surface area contributed by atoms with Crippen LogP contribution in [0.5, 0.6) is 0 Å². The number of carbonyl (C=O) groups excluding carboxylic acids is 2. The standard InChI is InChI=1S/C20H29N3O2/c1-15-7-9-17(10-8-15)13-22-11-12-23(20(22)25)14-19(24)21-18-6-4-3-5-16(18)2/h7-10,16,18H,3-6,11-14H2,1-2H3,(H,21,24)/t16-,18-/m1/s1. The molecule has 2 fully saturated rings. The van der Waals surface area contributed by atoms with Crippen LogP contribution in [-0.2, 0) is 11.3 Å². The fourth-order valence-corrected chi connectivity index (χ4v) is 3.80. The van der Waals surface area contributed by atoms with Gasteiger partial charge in [0.05, 0.1) is 0 Å². The number of amides is 3. The number of benzene rings is 1. The quantitative estimate of drug-likeness (QED) is 0.894. The topological polar surface area (TPSA) is 52.6 Å². The molecule has 3 amide bonds. The fraction of sp³-hybridized carbons (Fsp3) is 0.600. The number of hydrogen-bond acceptors (Lipinski definition) is 2. The van der Waals surface area contributed by atoms with Crippen molar-refractivity contribution >= 4 is 11.9 Å². The predicted molar refractivity (Wildman–Crippen MR) is 98.1 cm³/mol. The van der Waals surface area contributed by atoms with Crippen molar-refractivity contribution in [2.45, 2.75) is 52.1 Å². The third kappa shape index (κ3) is 4.53. The van der Waals surface area contributed by atoms with Gasteiger partial charge in [-0.25, -0.2) is 4.79 Å². The molecular weight excluding hydrogens is 314 g/mol. The normalized spacial score (nSPS) is 23.8. The van der Waals surface area contributed by atoms with E-state index in [4.69, 9.17) is 0 Å². The van der Waals surface area contributed by atoms with Gasteiger partial charge in [-0.2, -0.15) is 0 Å². The van der Waals surface area contributed by atoms with Crippen LogP contribution in [0.15, 0.2) is 24.3 Å². The number of aryl methyl sites for hydroxylation is 1. The zero-order valence-electron chi connectivity index (χ0n) is 15.3. The molecule has 0 spiro atoms. The molecule has 1 aliphatic carbocycles. The van der Waals surface area contributed by atoms with Crippen molar-refractivity contribution in [3.8, 4) is 0 Å². The first-order chi connectivity index (χ1) is 12.0. The summed E-state index contributed by atoms with van der Waals surface area (Å²) >= 11 is 0. The number of nitrogens with zero attached hydrogens (tertiary/aromatic N) is 2. The molecule has 5 heteroatoms. The fourth-order valence-electron chi connectivity index (χ4n) is 3.80. The van der Waals surface area contributed by atoms with Gasteiger partial charge < -0.3 is 15.1 Å².